The average molecular weight is 188 g/mol. The van der Waals surface area contributed by atoms with Gasteiger partial charge in [0.2, 0.25) is 0 Å². The highest BCUT2D eigenvalue weighted by molar-refractivity contribution is 5.87. The number of carbonyl (C=O) groups is 1. The topological polar surface area (TPSA) is 55.8 Å². The van der Waals surface area contributed by atoms with E-state index in [0.717, 1.165) is 0 Å². The van der Waals surface area contributed by atoms with Crippen LogP contribution in [0.25, 0.3) is 0 Å². The smallest absolute Gasteiger partial charge is 0.337 e. The molecule has 76 valence electrons. The van der Waals surface area contributed by atoms with E-state index in [9.17, 15) is 4.79 Å². The maximum atomic E-state index is 10.7. The van der Waals surface area contributed by atoms with Gasteiger partial charge in [-0.1, -0.05) is 6.92 Å². The van der Waals surface area contributed by atoms with Gasteiger partial charge in [-0.3, -0.25) is 0 Å². The van der Waals surface area contributed by atoms with E-state index in [0.29, 0.717) is 18.8 Å². The van der Waals surface area contributed by atoms with E-state index in [1.54, 1.807) is 0 Å². The van der Waals surface area contributed by atoms with Crippen molar-refractivity contribution in [3.8, 4) is 0 Å². The number of carboxylic acids is 1. The van der Waals surface area contributed by atoms with Crippen LogP contribution in [0.5, 0.6) is 0 Å². The van der Waals surface area contributed by atoms with Gasteiger partial charge in [0.05, 0.1) is 13.7 Å². The summed E-state index contributed by atoms with van der Waals surface area (Å²) in [7, 11) is 1.47. The van der Waals surface area contributed by atoms with E-state index < -0.39 is 5.97 Å². The van der Waals surface area contributed by atoms with Gasteiger partial charge in [0.1, 0.15) is 11.3 Å². The van der Waals surface area contributed by atoms with Crippen LogP contribution in [0.3, 0.4) is 0 Å². The molecule has 0 radical (unpaired) electrons. The standard InChI is InChI=1S/C9H16O4/c1-4-8(12-3)7(9(10)11)6-13-5-2/h4-6H2,1-3H3,(H,10,11). The minimum absolute atomic E-state index is 0.100. The number of hydrogen-bond acceptors (Lipinski definition) is 3. The van der Waals surface area contributed by atoms with Crippen LogP contribution < -0.4 is 0 Å². The Hall–Kier alpha value is -1.03. The molecule has 0 amide bonds. The fraction of sp³-hybridized carbons (Fsp3) is 0.667. The highest BCUT2D eigenvalue weighted by Gasteiger charge is 2.13. The predicted octanol–water partition coefficient (Wildman–Crippen LogP) is 1.42. The Morgan fingerprint density at radius 1 is 1.38 bits per heavy atom. The molecule has 0 heterocycles. The number of ether oxygens (including phenoxy) is 2. The molecular formula is C9H16O4. The van der Waals surface area contributed by atoms with Crippen molar-refractivity contribution in [2.24, 2.45) is 0 Å². The lowest BCUT2D eigenvalue weighted by Gasteiger charge is -2.08. The molecule has 0 fully saturated rings. The van der Waals surface area contributed by atoms with E-state index in [4.69, 9.17) is 14.6 Å². The maximum absolute atomic E-state index is 10.7. The zero-order chi connectivity index (χ0) is 10.3. The molecule has 0 unspecified atom stereocenters. The number of rotatable bonds is 6. The summed E-state index contributed by atoms with van der Waals surface area (Å²) in [6, 6.07) is 0. The lowest BCUT2D eigenvalue weighted by molar-refractivity contribution is -0.133. The fourth-order valence-corrected chi connectivity index (χ4v) is 0.947. The Kier molecular flexibility index (Phi) is 5.97. The Morgan fingerprint density at radius 3 is 2.31 bits per heavy atom. The van der Waals surface area contributed by atoms with Crippen molar-refractivity contribution in [1.29, 1.82) is 0 Å². The highest BCUT2D eigenvalue weighted by Crippen LogP contribution is 2.10. The van der Waals surface area contributed by atoms with E-state index in [1.165, 1.54) is 7.11 Å². The minimum Gasteiger partial charge on any atom is -0.500 e. The van der Waals surface area contributed by atoms with Gasteiger partial charge in [-0.2, -0.15) is 0 Å². The summed E-state index contributed by atoms with van der Waals surface area (Å²) in [4.78, 5) is 10.7. The molecule has 0 saturated heterocycles. The van der Waals surface area contributed by atoms with Crippen molar-refractivity contribution < 1.29 is 19.4 Å². The molecule has 0 aliphatic rings. The number of allylic oxidation sites excluding steroid dienone is 1. The van der Waals surface area contributed by atoms with Crippen LogP contribution in [-0.4, -0.2) is 31.4 Å². The summed E-state index contributed by atoms with van der Waals surface area (Å²) in [6.07, 6.45) is 0.561. The second-order valence-electron chi connectivity index (χ2n) is 2.40. The quantitative estimate of drug-likeness (QED) is 0.506. The van der Waals surface area contributed by atoms with Crippen molar-refractivity contribution in [3.63, 3.8) is 0 Å². The van der Waals surface area contributed by atoms with Crippen LogP contribution in [0.15, 0.2) is 11.3 Å². The van der Waals surface area contributed by atoms with Gasteiger partial charge in [-0.05, 0) is 6.92 Å². The Labute approximate surface area is 78.2 Å². The normalized spacial score (nSPS) is 12.2. The fourth-order valence-electron chi connectivity index (χ4n) is 0.947. The molecule has 0 aromatic heterocycles. The second kappa shape index (κ2) is 6.48. The van der Waals surface area contributed by atoms with Crippen molar-refractivity contribution >= 4 is 5.97 Å². The van der Waals surface area contributed by atoms with Crippen LogP contribution in [0.1, 0.15) is 20.3 Å². The zero-order valence-corrected chi connectivity index (χ0v) is 8.29. The molecule has 0 spiro atoms. The van der Waals surface area contributed by atoms with Crippen LogP contribution >= 0.6 is 0 Å². The lowest BCUT2D eigenvalue weighted by Crippen LogP contribution is -2.12. The highest BCUT2D eigenvalue weighted by atomic mass is 16.5. The van der Waals surface area contributed by atoms with Crippen LogP contribution in [0.4, 0.5) is 0 Å². The molecule has 13 heavy (non-hydrogen) atoms. The lowest BCUT2D eigenvalue weighted by atomic mass is 10.2. The molecule has 4 heteroatoms. The summed E-state index contributed by atoms with van der Waals surface area (Å²) in [5.41, 5.74) is 0.201. The molecule has 0 saturated carbocycles. The van der Waals surface area contributed by atoms with Gasteiger partial charge in [0.25, 0.3) is 0 Å². The Bertz CT molecular complexity index is 190. The Morgan fingerprint density at radius 2 is 2.00 bits per heavy atom. The molecule has 0 rings (SSSR count). The van der Waals surface area contributed by atoms with Crippen molar-refractivity contribution in [2.75, 3.05) is 20.3 Å². The molecule has 0 aliphatic carbocycles. The third-order valence-corrected chi connectivity index (χ3v) is 1.61. The third-order valence-electron chi connectivity index (χ3n) is 1.61. The van der Waals surface area contributed by atoms with Crippen LogP contribution in [0, 0.1) is 0 Å². The number of aliphatic carboxylic acids is 1. The zero-order valence-electron chi connectivity index (χ0n) is 8.29. The largest absolute Gasteiger partial charge is 0.500 e. The van der Waals surface area contributed by atoms with Gasteiger partial charge < -0.3 is 14.6 Å². The Balaban J connectivity index is 4.54. The summed E-state index contributed by atoms with van der Waals surface area (Å²) in [5.74, 6) is -0.506. The molecule has 4 nitrogen and oxygen atoms in total. The molecule has 0 aliphatic heterocycles. The van der Waals surface area contributed by atoms with Crippen LogP contribution in [-0.2, 0) is 14.3 Å². The van der Waals surface area contributed by atoms with Gasteiger partial charge in [-0.15, -0.1) is 0 Å². The first-order valence-electron chi connectivity index (χ1n) is 4.24. The van der Waals surface area contributed by atoms with E-state index >= 15 is 0 Å². The molecule has 0 aromatic rings. The van der Waals surface area contributed by atoms with Gasteiger partial charge in [0.15, 0.2) is 0 Å². The predicted molar refractivity (Wildman–Crippen MR) is 48.5 cm³/mol. The average Bonchev–Trinajstić information content (AvgIpc) is 2.11. The van der Waals surface area contributed by atoms with Gasteiger partial charge >= 0.3 is 5.97 Å². The number of carboxylic acid groups (broad SMARTS) is 1. The number of hydrogen-bond donors (Lipinski definition) is 1. The molecule has 0 bridgehead atoms. The maximum Gasteiger partial charge on any atom is 0.337 e. The van der Waals surface area contributed by atoms with Gasteiger partial charge in [0, 0.05) is 13.0 Å². The molecule has 0 atom stereocenters. The van der Waals surface area contributed by atoms with Crippen molar-refractivity contribution in [1.82, 2.24) is 0 Å². The summed E-state index contributed by atoms with van der Waals surface area (Å²) in [5, 5.41) is 8.81. The monoisotopic (exact) mass is 188 g/mol. The van der Waals surface area contributed by atoms with E-state index in [-0.39, 0.29) is 12.2 Å². The molecular weight excluding hydrogens is 172 g/mol. The SMILES string of the molecule is CCOCC(C(=O)O)=C(CC)OC. The summed E-state index contributed by atoms with van der Waals surface area (Å²) < 4.78 is 9.96. The first-order valence-corrected chi connectivity index (χ1v) is 4.24. The van der Waals surface area contributed by atoms with Gasteiger partial charge in [-0.25, -0.2) is 4.79 Å². The third kappa shape index (κ3) is 3.94. The summed E-state index contributed by atoms with van der Waals surface area (Å²) in [6.45, 7) is 4.26. The van der Waals surface area contributed by atoms with Crippen LogP contribution in [0.2, 0.25) is 0 Å². The summed E-state index contributed by atoms with van der Waals surface area (Å²) >= 11 is 0. The first-order chi connectivity index (χ1) is 6.17. The molecule has 0 aromatic carbocycles. The minimum atomic E-state index is -0.979. The second-order valence-corrected chi connectivity index (χ2v) is 2.40. The first kappa shape index (κ1) is 12.0. The van der Waals surface area contributed by atoms with Crippen molar-refractivity contribution in [2.45, 2.75) is 20.3 Å². The molecule has 1 N–H and O–H groups in total. The van der Waals surface area contributed by atoms with E-state index in [2.05, 4.69) is 0 Å². The van der Waals surface area contributed by atoms with E-state index in [1.807, 2.05) is 13.8 Å². The van der Waals surface area contributed by atoms with Crippen molar-refractivity contribution in [3.05, 3.63) is 11.3 Å². The number of methoxy groups -OCH3 is 1.